The molecule has 1 saturated carbocycles. The molecule has 0 aromatic rings. The predicted molar refractivity (Wildman–Crippen MR) is 94.8 cm³/mol. The molecular formula is C19H31N3O3. The predicted octanol–water partition coefficient (Wildman–Crippen LogP) is 1.69. The SMILES string of the molecule is O=C(NCCN1CCCCCC1=O)[C@@H]1CCCN1C(=O)C1CCCC1. The summed E-state index contributed by atoms with van der Waals surface area (Å²) in [6.45, 7) is 2.56. The molecule has 0 bridgehead atoms. The highest BCUT2D eigenvalue weighted by Crippen LogP contribution is 2.29. The van der Waals surface area contributed by atoms with Crippen LogP contribution in [0.3, 0.4) is 0 Å². The van der Waals surface area contributed by atoms with E-state index >= 15 is 0 Å². The first-order valence-electron chi connectivity index (χ1n) is 10.0. The average molecular weight is 349 g/mol. The van der Waals surface area contributed by atoms with Crippen LogP contribution in [0, 0.1) is 5.92 Å². The van der Waals surface area contributed by atoms with Crippen molar-refractivity contribution in [1.29, 1.82) is 0 Å². The number of hydrogen-bond acceptors (Lipinski definition) is 3. The molecule has 2 saturated heterocycles. The summed E-state index contributed by atoms with van der Waals surface area (Å²) in [5.41, 5.74) is 0. The number of nitrogens with one attached hydrogen (secondary N) is 1. The molecule has 3 aliphatic rings. The maximum absolute atomic E-state index is 12.7. The number of likely N-dealkylation sites (tertiary alicyclic amines) is 2. The van der Waals surface area contributed by atoms with Crippen LogP contribution in [0.5, 0.6) is 0 Å². The summed E-state index contributed by atoms with van der Waals surface area (Å²) in [5, 5.41) is 2.96. The van der Waals surface area contributed by atoms with Crippen LogP contribution in [-0.2, 0) is 14.4 Å². The van der Waals surface area contributed by atoms with E-state index in [0.717, 1.165) is 64.3 Å². The molecule has 25 heavy (non-hydrogen) atoms. The molecule has 6 nitrogen and oxygen atoms in total. The molecule has 1 atom stereocenters. The van der Waals surface area contributed by atoms with Crippen LogP contribution in [0.15, 0.2) is 0 Å². The van der Waals surface area contributed by atoms with Crippen molar-refractivity contribution in [1.82, 2.24) is 15.1 Å². The smallest absolute Gasteiger partial charge is 0.242 e. The van der Waals surface area contributed by atoms with E-state index in [4.69, 9.17) is 0 Å². The Morgan fingerprint density at radius 3 is 2.56 bits per heavy atom. The van der Waals surface area contributed by atoms with E-state index in [1.54, 1.807) is 0 Å². The molecule has 3 rings (SSSR count). The number of amides is 3. The van der Waals surface area contributed by atoms with Gasteiger partial charge in [0.1, 0.15) is 6.04 Å². The fourth-order valence-corrected chi connectivity index (χ4v) is 4.42. The van der Waals surface area contributed by atoms with Crippen LogP contribution in [0.25, 0.3) is 0 Å². The first-order chi connectivity index (χ1) is 12.2. The highest BCUT2D eigenvalue weighted by atomic mass is 16.2. The van der Waals surface area contributed by atoms with Crippen LogP contribution in [-0.4, -0.2) is 59.7 Å². The van der Waals surface area contributed by atoms with Crippen LogP contribution in [0.2, 0.25) is 0 Å². The molecular weight excluding hydrogens is 318 g/mol. The topological polar surface area (TPSA) is 69.7 Å². The van der Waals surface area contributed by atoms with Crippen LogP contribution >= 0.6 is 0 Å². The molecule has 0 unspecified atom stereocenters. The van der Waals surface area contributed by atoms with Crippen LogP contribution in [0.4, 0.5) is 0 Å². The Kier molecular flexibility index (Phi) is 6.32. The lowest BCUT2D eigenvalue weighted by Crippen LogP contribution is -2.49. The van der Waals surface area contributed by atoms with Crippen molar-refractivity contribution in [2.45, 2.75) is 70.3 Å². The minimum Gasteiger partial charge on any atom is -0.353 e. The molecule has 3 fully saturated rings. The van der Waals surface area contributed by atoms with Crippen molar-refractivity contribution < 1.29 is 14.4 Å². The second-order valence-corrected chi connectivity index (χ2v) is 7.65. The number of nitrogens with zero attached hydrogens (tertiary/aromatic N) is 2. The molecule has 140 valence electrons. The molecule has 0 aromatic carbocycles. The number of carbonyl (C=O) groups is 3. The Balaban J connectivity index is 1.46. The third-order valence-electron chi connectivity index (χ3n) is 5.90. The summed E-state index contributed by atoms with van der Waals surface area (Å²) < 4.78 is 0. The van der Waals surface area contributed by atoms with Crippen molar-refractivity contribution in [2.24, 2.45) is 5.92 Å². The lowest BCUT2D eigenvalue weighted by atomic mass is 10.1. The largest absolute Gasteiger partial charge is 0.353 e. The van der Waals surface area contributed by atoms with Crippen molar-refractivity contribution in [3.63, 3.8) is 0 Å². The minimum atomic E-state index is -0.312. The first kappa shape index (κ1) is 18.2. The lowest BCUT2D eigenvalue weighted by Gasteiger charge is -2.27. The quantitative estimate of drug-likeness (QED) is 0.821. The molecule has 6 heteroatoms. The number of rotatable bonds is 5. The highest BCUT2D eigenvalue weighted by molar-refractivity contribution is 5.89. The van der Waals surface area contributed by atoms with E-state index in [1.165, 1.54) is 0 Å². The van der Waals surface area contributed by atoms with E-state index in [0.29, 0.717) is 26.1 Å². The fraction of sp³-hybridized carbons (Fsp3) is 0.842. The summed E-state index contributed by atoms with van der Waals surface area (Å²) in [4.78, 5) is 40.9. The monoisotopic (exact) mass is 349 g/mol. The van der Waals surface area contributed by atoms with E-state index in [9.17, 15) is 14.4 Å². The van der Waals surface area contributed by atoms with Crippen LogP contribution < -0.4 is 5.32 Å². The molecule has 2 heterocycles. The summed E-state index contributed by atoms with van der Waals surface area (Å²) >= 11 is 0. The summed E-state index contributed by atoms with van der Waals surface area (Å²) in [6, 6.07) is -0.312. The highest BCUT2D eigenvalue weighted by Gasteiger charge is 2.37. The Morgan fingerprint density at radius 2 is 1.76 bits per heavy atom. The van der Waals surface area contributed by atoms with Gasteiger partial charge in [-0.3, -0.25) is 14.4 Å². The van der Waals surface area contributed by atoms with Gasteiger partial charge < -0.3 is 15.1 Å². The fourth-order valence-electron chi connectivity index (χ4n) is 4.42. The van der Waals surface area contributed by atoms with E-state index in [-0.39, 0.29) is 29.7 Å². The lowest BCUT2D eigenvalue weighted by molar-refractivity contribution is -0.141. The first-order valence-corrected chi connectivity index (χ1v) is 10.0. The van der Waals surface area contributed by atoms with Gasteiger partial charge >= 0.3 is 0 Å². The van der Waals surface area contributed by atoms with Gasteiger partial charge in [-0.15, -0.1) is 0 Å². The molecule has 3 amide bonds. The van der Waals surface area contributed by atoms with Gasteiger partial charge in [0.25, 0.3) is 0 Å². The summed E-state index contributed by atoms with van der Waals surface area (Å²) in [5.74, 6) is 0.456. The van der Waals surface area contributed by atoms with Gasteiger partial charge in [0.05, 0.1) is 0 Å². The van der Waals surface area contributed by atoms with Gasteiger partial charge in [0.2, 0.25) is 17.7 Å². The van der Waals surface area contributed by atoms with E-state index < -0.39 is 0 Å². The van der Waals surface area contributed by atoms with Crippen LogP contribution in [0.1, 0.15) is 64.2 Å². The minimum absolute atomic E-state index is 0.0499. The zero-order chi connectivity index (χ0) is 17.6. The van der Waals surface area contributed by atoms with Gasteiger partial charge in [-0.1, -0.05) is 19.3 Å². The van der Waals surface area contributed by atoms with Gasteiger partial charge in [-0.25, -0.2) is 0 Å². The number of hydrogen-bond donors (Lipinski definition) is 1. The molecule has 0 spiro atoms. The van der Waals surface area contributed by atoms with Gasteiger partial charge in [0, 0.05) is 38.5 Å². The van der Waals surface area contributed by atoms with E-state index in [2.05, 4.69) is 5.32 Å². The maximum Gasteiger partial charge on any atom is 0.242 e. The third kappa shape index (κ3) is 4.53. The molecule has 0 aromatic heterocycles. The Bertz CT molecular complexity index is 502. The summed E-state index contributed by atoms with van der Waals surface area (Å²) in [6.07, 6.45) is 9.62. The average Bonchev–Trinajstić information content (AvgIpc) is 3.27. The zero-order valence-electron chi connectivity index (χ0n) is 15.2. The van der Waals surface area contributed by atoms with Crippen molar-refractivity contribution >= 4 is 17.7 Å². The maximum atomic E-state index is 12.7. The van der Waals surface area contributed by atoms with Gasteiger partial charge in [-0.2, -0.15) is 0 Å². The van der Waals surface area contributed by atoms with Gasteiger partial charge in [0.15, 0.2) is 0 Å². The Morgan fingerprint density at radius 1 is 0.960 bits per heavy atom. The standard InChI is InChI=1S/C19H31N3O3/c23-17-10-2-1-5-12-21(17)14-11-20-18(24)16-9-6-13-22(16)19(25)15-7-3-4-8-15/h15-16H,1-14H2,(H,20,24)/t16-/m0/s1. The summed E-state index contributed by atoms with van der Waals surface area (Å²) in [7, 11) is 0. The van der Waals surface area contributed by atoms with Crippen molar-refractivity contribution in [2.75, 3.05) is 26.2 Å². The third-order valence-corrected chi connectivity index (χ3v) is 5.90. The normalized spacial score (nSPS) is 25.3. The van der Waals surface area contributed by atoms with Crippen molar-refractivity contribution in [3.05, 3.63) is 0 Å². The Hall–Kier alpha value is -1.59. The molecule has 0 radical (unpaired) electrons. The Labute approximate surface area is 150 Å². The number of carbonyl (C=O) groups excluding carboxylic acids is 3. The van der Waals surface area contributed by atoms with Gasteiger partial charge in [-0.05, 0) is 38.5 Å². The molecule has 2 aliphatic heterocycles. The zero-order valence-corrected chi connectivity index (χ0v) is 15.2. The second-order valence-electron chi connectivity index (χ2n) is 7.65. The van der Waals surface area contributed by atoms with E-state index in [1.807, 2.05) is 9.80 Å². The van der Waals surface area contributed by atoms with Crippen molar-refractivity contribution in [3.8, 4) is 0 Å². The molecule has 1 aliphatic carbocycles. The molecule has 1 N–H and O–H groups in total. The second kappa shape index (κ2) is 8.68.